The number of hydrogen-bond acceptors (Lipinski definition) is 4. The minimum absolute atomic E-state index is 0.0332. The van der Waals surface area contributed by atoms with Crippen LogP contribution >= 0.6 is 12.2 Å². The Kier molecular flexibility index (Phi) is 6.05. The maximum absolute atomic E-state index is 12.0. The van der Waals surface area contributed by atoms with Crippen molar-refractivity contribution in [2.24, 2.45) is 5.73 Å². The maximum atomic E-state index is 12.0. The highest BCUT2D eigenvalue weighted by atomic mass is 32.2. The average Bonchev–Trinajstić information content (AvgIpc) is 2.39. The molecule has 0 unspecified atom stereocenters. The van der Waals surface area contributed by atoms with Crippen LogP contribution in [-0.4, -0.2) is 32.4 Å². The summed E-state index contributed by atoms with van der Waals surface area (Å²) in [6.45, 7) is 2.34. The molecule has 1 aromatic rings. The SMILES string of the molecule is CCNC(=O)CCNS(=O)(=O)c1cccc(C(N)=S)c1. The molecule has 0 spiro atoms. The van der Waals surface area contributed by atoms with Gasteiger partial charge in [0.15, 0.2) is 0 Å². The number of sulfonamides is 1. The van der Waals surface area contributed by atoms with Crippen molar-refractivity contribution < 1.29 is 13.2 Å². The summed E-state index contributed by atoms with van der Waals surface area (Å²) in [5, 5.41) is 2.59. The number of nitrogens with one attached hydrogen (secondary N) is 2. The van der Waals surface area contributed by atoms with Gasteiger partial charge in [-0.1, -0.05) is 24.4 Å². The molecule has 0 radical (unpaired) electrons. The molecule has 1 rings (SSSR count). The summed E-state index contributed by atoms with van der Waals surface area (Å²) in [4.78, 5) is 11.4. The Balaban J connectivity index is 2.72. The number of thiocarbonyl (C=S) groups is 1. The molecule has 6 nitrogen and oxygen atoms in total. The van der Waals surface area contributed by atoms with E-state index in [1.165, 1.54) is 12.1 Å². The first kappa shape index (κ1) is 16.5. The summed E-state index contributed by atoms with van der Waals surface area (Å²) in [5.41, 5.74) is 5.94. The lowest BCUT2D eigenvalue weighted by atomic mass is 10.2. The van der Waals surface area contributed by atoms with Gasteiger partial charge in [0.05, 0.1) is 4.90 Å². The molecule has 1 amide bonds. The third-order valence-corrected chi connectivity index (χ3v) is 4.14. The minimum Gasteiger partial charge on any atom is -0.389 e. The van der Waals surface area contributed by atoms with Gasteiger partial charge in [-0.05, 0) is 19.1 Å². The van der Waals surface area contributed by atoms with E-state index in [1.54, 1.807) is 19.1 Å². The zero-order valence-electron chi connectivity index (χ0n) is 11.0. The van der Waals surface area contributed by atoms with Gasteiger partial charge in [-0.15, -0.1) is 0 Å². The Hall–Kier alpha value is -1.51. The molecule has 20 heavy (non-hydrogen) atoms. The Labute approximate surface area is 123 Å². The molecule has 0 aliphatic carbocycles. The van der Waals surface area contributed by atoms with Gasteiger partial charge >= 0.3 is 0 Å². The summed E-state index contributed by atoms with van der Waals surface area (Å²) in [5.74, 6) is -0.202. The fourth-order valence-corrected chi connectivity index (χ4v) is 2.69. The van der Waals surface area contributed by atoms with Gasteiger partial charge < -0.3 is 11.1 Å². The molecule has 1 aromatic carbocycles. The van der Waals surface area contributed by atoms with E-state index >= 15 is 0 Å². The number of hydrogen-bond donors (Lipinski definition) is 3. The van der Waals surface area contributed by atoms with Gasteiger partial charge in [-0.2, -0.15) is 0 Å². The molecular formula is C12H17N3O3S2. The number of rotatable bonds is 7. The van der Waals surface area contributed by atoms with E-state index in [0.717, 1.165) is 0 Å². The highest BCUT2D eigenvalue weighted by molar-refractivity contribution is 7.89. The Morgan fingerprint density at radius 3 is 2.70 bits per heavy atom. The van der Waals surface area contributed by atoms with Gasteiger partial charge in [-0.3, -0.25) is 4.79 Å². The van der Waals surface area contributed by atoms with Crippen molar-refractivity contribution in [3.63, 3.8) is 0 Å². The molecule has 0 bridgehead atoms. The van der Waals surface area contributed by atoms with Crippen LogP contribution < -0.4 is 15.8 Å². The van der Waals surface area contributed by atoms with Crippen molar-refractivity contribution in [2.75, 3.05) is 13.1 Å². The molecular weight excluding hydrogens is 298 g/mol. The van der Waals surface area contributed by atoms with Gasteiger partial charge in [0.25, 0.3) is 0 Å². The van der Waals surface area contributed by atoms with Gasteiger partial charge in [0, 0.05) is 25.1 Å². The van der Waals surface area contributed by atoms with Crippen LogP contribution in [-0.2, 0) is 14.8 Å². The molecule has 0 aliphatic heterocycles. The quantitative estimate of drug-likeness (QED) is 0.621. The van der Waals surface area contributed by atoms with Crippen molar-refractivity contribution in [1.29, 1.82) is 0 Å². The summed E-state index contributed by atoms with van der Waals surface area (Å²) in [6, 6.07) is 6.04. The van der Waals surface area contributed by atoms with Crippen molar-refractivity contribution in [3.8, 4) is 0 Å². The largest absolute Gasteiger partial charge is 0.389 e. The number of amides is 1. The molecule has 0 saturated carbocycles. The molecule has 0 fully saturated rings. The van der Waals surface area contributed by atoms with Crippen LogP contribution in [0.3, 0.4) is 0 Å². The fraction of sp³-hybridized carbons (Fsp3) is 0.333. The van der Waals surface area contributed by atoms with Gasteiger partial charge in [0.2, 0.25) is 15.9 Å². The lowest BCUT2D eigenvalue weighted by molar-refractivity contribution is -0.120. The van der Waals surface area contributed by atoms with Gasteiger partial charge in [0.1, 0.15) is 4.99 Å². The van der Waals surface area contributed by atoms with Crippen LogP contribution in [0.2, 0.25) is 0 Å². The number of nitrogens with two attached hydrogens (primary N) is 1. The van der Waals surface area contributed by atoms with Crippen molar-refractivity contribution in [2.45, 2.75) is 18.2 Å². The van der Waals surface area contributed by atoms with Crippen LogP contribution in [0, 0.1) is 0 Å². The van der Waals surface area contributed by atoms with E-state index in [1.807, 2.05) is 0 Å². The lowest BCUT2D eigenvalue weighted by Gasteiger charge is -2.08. The van der Waals surface area contributed by atoms with Crippen LogP contribution in [0.15, 0.2) is 29.2 Å². The predicted octanol–water partition coefficient (Wildman–Crippen LogP) is 0.125. The maximum Gasteiger partial charge on any atom is 0.240 e. The smallest absolute Gasteiger partial charge is 0.240 e. The first-order valence-electron chi connectivity index (χ1n) is 6.03. The second-order valence-electron chi connectivity index (χ2n) is 3.99. The van der Waals surface area contributed by atoms with Gasteiger partial charge in [-0.25, -0.2) is 13.1 Å². The van der Waals surface area contributed by atoms with E-state index < -0.39 is 10.0 Å². The summed E-state index contributed by atoms with van der Waals surface area (Å²) in [7, 11) is -3.67. The van der Waals surface area contributed by atoms with Crippen LogP contribution in [0.25, 0.3) is 0 Å². The Bertz CT molecular complexity index is 600. The molecule has 0 aliphatic rings. The Morgan fingerprint density at radius 1 is 1.40 bits per heavy atom. The second kappa shape index (κ2) is 7.32. The summed E-state index contributed by atoms with van der Waals surface area (Å²) < 4.78 is 26.4. The average molecular weight is 315 g/mol. The molecule has 0 aromatic heterocycles. The standard InChI is InChI=1S/C12H17N3O3S2/c1-2-14-11(16)6-7-15-20(17,18)10-5-3-4-9(8-10)12(13)19/h3-5,8,15H,2,6-7H2,1H3,(H2,13,19)(H,14,16). The first-order chi connectivity index (χ1) is 9.36. The Morgan fingerprint density at radius 2 is 2.10 bits per heavy atom. The van der Waals surface area contributed by atoms with Crippen molar-refractivity contribution in [1.82, 2.24) is 10.0 Å². The molecule has 8 heteroatoms. The molecule has 0 saturated heterocycles. The van der Waals surface area contributed by atoms with E-state index in [9.17, 15) is 13.2 Å². The summed E-state index contributed by atoms with van der Waals surface area (Å²) in [6.07, 6.45) is 0.0854. The molecule has 0 atom stereocenters. The summed E-state index contributed by atoms with van der Waals surface area (Å²) >= 11 is 4.80. The normalized spacial score (nSPS) is 11.1. The van der Waals surface area contributed by atoms with E-state index in [2.05, 4.69) is 10.0 Å². The van der Waals surface area contributed by atoms with Crippen molar-refractivity contribution >= 4 is 33.1 Å². The molecule has 0 heterocycles. The highest BCUT2D eigenvalue weighted by Crippen LogP contribution is 2.11. The predicted molar refractivity (Wildman–Crippen MR) is 80.8 cm³/mol. The second-order valence-corrected chi connectivity index (χ2v) is 6.20. The van der Waals surface area contributed by atoms with E-state index in [0.29, 0.717) is 12.1 Å². The lowest BCUT2D eigenvalue weighted by Crippen LogP contribution is -2.30. The van der Waals surface area contributed by atoms with E-state index in [-0.39, 0.29) is 28.8 Å². The monoisotopic (exact) mass is 315 g/mol. The third-order valence-electron chi connectivity index (χ3n) is 2.45. The molecule has 110 valence electrons. The van der Waals surface area contributed by atoms with Crippen LogP contribution in [0.5, 0.6) is 0 Å². The van der Waals surface area contributed by atoms with E-state index in [4.69, 9.17) is 18.0 Å². The fourth-order valence-electron chi connectivity index (χ4n) is 1.48. The van der Waals surface area contributed by atoms with Crippen LogP contribution in [0.4, 0.5) is 0 Å². The number of carbonyl (C=O) groups excluding carboxylic acids is 1. The number of benzene rings is 1. The topological polar surface area (TPSA) is 101 Å². The highest BCUT2D eigenvalue weighted by Gasteiger charge is 2.14. The van der Waals surface area contributed by atoms with Crippen molar-refractivity contribution in [3.05, 3.63) is 29.8 Å². The molecule has 4 N–H and O–H groups in total. The number of carbonyl (C=O) groups is 1. The zero-order valence-corrected chi connectivity index (χ0v) is 12.7. The third kappa shape index (κ3) is 4.87. The minimum atomic E-state index is -3.67. The first-order valence-corrected chi connectivity index (χ1v) is 7.92. The van der Waals surface area contributed by atoms with Crippen LogP contribution in [0.1, 0.15) is 18.9 Å². The zero-order chi connectivity index (χ0) is 15.2.